The zero-order valence-corrected chi connectivity index (χ0v) is 9.64. The zero-order valence-electron chi connectivity index (χ0n) is 9.64. The fourth-order valence-corrected chi connectivity index (χ4v) is 1.55. The third-order valence-electron chi connectivity index (χ3n) is 2.44. The van der Waals surface area contributed by atoms with Crippen LogP contribution in [0.3, 0.4) is 0 Å². The lowest BCUT2D eigenvalue weighted by molar-refractivity contribution is 0.774. The maximum Gasteiger partial charge on any atom is 0.226 e. The van der Waals surface area contributed by atoms with Crippen LogP contribution in [0.2, 0.25) is 0 Å². The van der Waals surface area contributed by atoms with Gasteiger partial charge in [-0.1, -0.05) is 0 Å². The molecule has 2 aromatic heterocycles. The summed E-state index contributed by atoms with van der Waals surface area (Å²) in [6, 6.07) is 1.55. The van der Waals surface area contributed by atoms with Crippen LogP contribution in [-0.2, 0) is 6.54 Å². The van der Waals surface area contributed by atoms with Gasteiger partial charge in [0.05, 0.1) is 5.39 Å². The molecule has 0 saturated carbocycles. The van der Waals surface area contributed by atoms with Crippen LogP contribution in [0.25, 0.3) is 11.0 Å². The number of hydrogen-bond donors (Lipinski definition) is 0. The van der Waals surface area contributed by atoms with Crippen LogP contribution in [-0.4, -0.2) is 28.6 Å². The summed E-state index contributed by atoms with van der Waals surface area (Å²) in [4.78, 5) is 22.0. The molecule has 0 atom stereocenters. The Morgan fingerprint density at radius 1 is 1.44 bits per heavy atom. The number of rotatable bonds is 2. The molecule has 5 heteroatoms. The average molecular weight is 218 g/mol. The van der Waals surface area contributed by atoms with E-state index in [2.05, 4.69) is 9.97 Å². The first-order chi connectivity index (χ1) is 7.63. The van der Waals surface area contributed by atoms with E-state index in [0.29, 0.717) is 17.0 Å². The summed E-state index contributed by atoms with van der Waals surface area (Å²) in [7, 11) is 3.75. The van der Waals surface area contributed by atoms with Crippen LogP contribution in [0.5, 0.6) is 0 Å². The molecule has 0 aromatic carbocycles. The lowest BCUT2D eigenvalue weighted by atomic mass is 10.3. The number of aryl methyl sites for hydroxylation is 1. The number of anilines is 1. The van der Waals surface area contributed by atoms with Crippen molar-refractivity contribution in [1.29, 1.82) is 0 Å². The van der Waals surface area contributed by atoms with Crippen molar-refractivity contribution in [2.45, 2.75) is 13.5 Å². The van der Waals surface area contributed by atoms with Crippen molar-refractivity contribution in [2.75, 3.05) is 19.0 Å². The summed E-state index contributed by atoms with van der Waals surface area (Å²) in [6.07, 6.45) is 3.35. The molecule has 0 fully saturated rings. The molecule has 0 amide bonds. The maximum atomic E-state index is 11.6. The first-order valence-corrected chi connectivity index (χ1v) is 5.17. The first-order valence-electron chi connectivity index (χ1n) is 5.17. The average Bonchev–Trinajstić information content (AvgIpc) is 2.29. The lowest BCUT2D eigenvalue weighted by Gasteiger charge is -2.12. The predicted octanol–water partition coefficient (Wildman–Crippen LogP) is 0.877. The molecule has 5 nitrogen and oxygen atoms in total. The molecule has 0 spiro atoms. The van der Waals surface area contributed by atoms with Gasteiger partial charge in [0.2, 0.25) is 5.95 Å². The van der Waals surface area contributed by atoms with Crippen LogP contribution < -0.4 is 10.3 Å². The highest BCUT2D eigenvalue weighted by Gasteiger charge is 2.06. The molecule has 0 radical (unpaired) electrons. The number of pyridine rings is 1. The lowest BCUT2D eigenvalue weighted by Crippen LogP contribution is -2.16. The van der Waals surface area contributed by atoms with E-state index in [1.807, 2.05) is 30.5 Å². The first kappa shape index (κ1) is 10.6. The highest BCUT2D eigenvalue weighted by atomic mass is 16.1. The molecule has 0 unspecified atom stereocenters. The van der Waals surface area contributed by atoms with Gasteiger partial charge in [-0.05, 0) is 6.92 Å². The molecular weight excluding hydrogens is 204 g/mol. The van der Waals surface area contributed by atoms with Crippen molar-refractivity contribution in [3.05, 3.63) is 28.7 Å². The van der Waals surface area contributed by atoms with E-state index in [9.17, 15) is 4.79 Å². The molecule has 2 heterocycles. The Morgan fingerprint density at radius 3 is 2.81 bits per heavy atom. The normalized spacial score (nSPS) is 10.7. The van der Waals surface area contributed by atoms with Gasteiger partial charge in [-0.15, -0.1) is 0 Å². The van der Waals surface area contributed by atoms with Gasteiger partial charge < -0.3 is 9.47 Å². The van der Waals surface area contributed by atoms with Crippen molar-refractivity contribution < 1.29 is 0 Å². The molecule has 2 rings (SSSR count). The van der Waals surface area contributed by atoms with E-state index in [1.165, 1.54) is 0 Å². The van der Waals surface area contributed by atoms with Crippen molar-refractivity contribution in [1.82, 2.24) is 14.5 Å². The Kier molecular flexibility index (Phi) is 2.60. The highest BCUT2D eigenvalue weighted by molar-refractivity contribution is 5.74. The second-order valence-corrected chi connectivity index (χ2v) is 3.77. The minimum absolute atomic E-state index is 0.0370. The molecule has 16 heavy (non-hydrogen) atoms. The predicted molar refractivity (Wildman–Crippen MR) is 63.8 cm³/mol. The molecule has 0 aliphatic carbocycles. The highest BCUT2D eigenvalue weighted by Crippen LogP contribution is 2.10. The number of hydrogen-bond acceptors (Lipinski definition) is 4. The molecule has 2 aromatic rings. The van der Waals surface area contributed by atoms with Gasteiger partial charge in [-0.25, -0.2) is 4.98 Å². The summed E-state index contributed by atoms with van der Waals surface area (Å²) in [5, 5.41) is 0.565. The number of aromatic nitrogens is 3. The van der Waals surface area contributed by atoms with Crippen LogP contribution in [0.1, 0.15) is 6.92 Å². The van der Waals surface area contributed by atoms with Gasteiger partial charge >= 0.3 is 0 Å². The third kappa shape index (κ3) is 1.64. The minimum Gasteiger partial charge on any atom is -0.347 e. The van der Waals surface area contributed by atoms with Crippen molar-refractivity contribution in [3.8, 4) is 0 Å². The monoisotopic (exact) mass is 218 g/mol. The van der Waals surface area contributed by atoms with Gasteiger partial charge in [0.25, 0.3) is 0 Å². The van der Waals surface area contributed by atoms with Gasteiger partial charge in [-0.3, -0.25) is 4.79 Å². The summed E-state index contributed by atoms with van der Waals surface area (Å²) in [5.41, 5.74) is 0.652. The van der Waals surface area contributed by atoms with E-state index in [4.69, 9.17) is 0 Å². The van der Waals surface area contributed by atoms with Crippen LogP contribution in [0.4, 0.5) is 5.95 Å². The molecule has 0 aliphatic heterocycles. The quantitative estimate of drug-likeness (QED) is 0.750. The smallest absolute Gasteiger partial charge is 0.226 e. The standard InChI is InChI=1S/C11H14N4O/c1-4-15-6-5-9(16)8-7-12-11(14(2)3)13-10(8)15/h5-7H,4H2,1-3H3. The van der Waals surface area contributed by atoms with E-state index in [1.54, 1.807) is 18.5 Å². The van der Waals surface area contributed by atoms with Gasteiger partial charge in [0.15, 0.2) is 5.43 Å². The van der Waals surface area contributed by atoms with Gasteiger partial charge in [0.1, 0.15) is 5.65 Å². The van der Waals surface area contributed by atoms with E-state index in [-0.39, 0.29) is 5.43 Å². The Hall–Kier alpha value is -1.91. The summed E-state index contributed by atoms with van der Waals surface area (Å²) < 4.78 is 1.94. The zero-order chi connectivity index (χ0) is 11.7. The van der Waals surface area contributed by atoms with Crippen molar-refractivity contribution in [3.63, 3.8) is 0 Å². The minimum atomic E-state index is -0.0370. The SMILES string of the molecule is CCn1ccc(=O)c2cnc(N(C)C)nc21. The topological polar surface area (TPSA) is 51.0 Å². The summed E-state index contributed by atoms with van der Waals surface area (Å²) >= 11 is 0. The Bertz CT molecular complexity index is 574. The second kappa shape index (κ2) is 3.92. The summed E-state index contributed by atoms with van der Waals surface area (Å²) in [6.45, 7) is 2.79. The Labute approximate surface area is 93.4 Å². The molecule has 84 valence electrons. The van der Waals surface area contributed by atoms with Crippen LogP contribution >= 0.6 is 0 Å². The summed E-state index contributed by atoms with van der Waals surface area (Å²) in [5.74, 6) is 0.611. The number of fused-ring (bicyclic) bond motifs is 1. The molecule has 0 N–H and O–H groups in total. The molecular formula is C11H14N4O. The van der Waals surface area contributed by atoms with Crippen molar-refractivity contribution in [2.24, 2.45) is 0 Å². The Balaban J connectivity index is 2.79. The van der Waals surface area contributed by atoms with Crippen molar-refractivity contribution >= 4 is 17.0 Å². The molecule has 0 saturated heterocycles. The largest absolute Gasteiger partial charge is 0.347 e. The molecule has 0 bridgehead atoms. The van der Waals surface area contributed by atoms with Crippen LogP contribution in [0.15, 0.2) is 23.3 Å². The molecule has 0 aliphatic rings. The van der Waals surface area contributed by atoms with Crippen LogP contribution in [0, 0.1) is 0 Å². The fraction of sp³-hybridized carbons (Fsp3) is 0.364. The van der Waals surface area contributed by atoms with E-state index in [0.717, 1.165) is 6.54 Å². The Morgan fingerprint density at radius 2 is 2.19 bits per heavy atom. The maximum absolute atomic E-state index is 11.6. The third-order valence-corrected chi connectivity index (χ3v) is 2.44. The number of nitrogens with zero attached hydrogens (tertiary/aromatic N) is 4. The van der Waals surface area contributed by atoms with Gasteiger partial charge in [0, 0.05) is 39.1 Å². The fourth-order valence-electron chi connectivity index (χ4n) is 1.55. The second-order valence-electron chi connectivity index (χ2n) is 3.77. The van der Waals surface area contributed by atoms with E-state index < -0.39 is 0 Å². The van der Waals surface area contributed by atoms with E-state index >= 15 is 0 Å². The van der Waals surface area contributed by atoms with Gasteiger partial charge in [-0.2, -0.15) is 4.98 Å².